The van der Waals surface area contributed by atoms with E-state index in [1.807, 2.05) is 13.0 Å². The number of thiophene rings is 2. The summed E-state index contributed by atoms with van der Waals surface area (Å²) in [6.07, 6.45) is 2.69. The van der Waals surface area contributed by atoms with Crippen molar-refractivity contribution < 1.29 is 8.78 Å². The molecule has 2 atom stereocenters. The van der Waals surface area contributed by atoms with Crippen LogP contribution in [0.5, 0.6) is 0 Å². The largest absolute Gasteiger partial charge is 0.378 e. The van der Waals surface area contributed by atoms with Gasteiger partial charge in [0, 0.05) is 34.7 Å². The highest BCUT2D eigenvalue weighted by Crippen LogP contribution is 2.51. The van der Waals surface area contributed by atoms with E-state index in [1.165, 1.54) is 4.88 Å². The highest BCUT2D eigenvalue weighted by molar-refractivity contribution is 7.19. The van der Waals surface area contributed by atoms with Gasteiger partial charge in [0.05, 0.1) is 16.6 Å². The summed E-state index contributed by atoms with van der Waals surface area (Å²) in [4.78, 5) is 2.35. The summed E-state index contributed by atoms with van der Waals surface area (Å²) in [6, 6.07) is 3.86. The van der Waals surface area contributed by atoms with Gasteiger partial charge in [0.1, 0.15) is 5.52 Å². The van der Waals surface area contributed by atoms with Gasteiger partial charge in [0.2, 0.25) is 0 Å². The van der Waals surface area contributed by atoms with Gasteiger partial charge < -0.3 is 11.1 Å². The van der Waals surface area contributed by atoms with Crippen LogP contribution in [-0.2, 0) is 13.0 Å². The number of aromatic nitrogens is 2. The summed E-state index contributed by atoms with van der Waals surface area (Å²) in [7, 11) is 0. The van der Waals surface area contributed by atoms with E-state index in [0.29, 0.717) is 12.8 Å². The number of nitrogens with two attached hydrogens (primary N) is 1. The van der Waals surface area contributed by atoms with E-state index in [0.717, 1.165) is 32.9 Å². The van der Waals surface area contributed by atoms with Crippen LogP contribution in [0.3, 0.4) is 0 Å². The number of halogens is 2. The van der Waals surface area contributed by atoms with Gasteiger partial charge in [0.15, 0.2) is 0 Å². The number of alkyl halides is 2. The van der Waals surface area contributed by atoms with Crippen molar-refractivity contribution in [3.05, 3.63) is 39.0 Å². The summed E-state index contributed by atoms with van der Waals surface area (Å²) in [5.74, 6) is -3.05. The third-order valence-corrected chi connectivity index (χ3v) is 7.04. The van der Waals surface area contributed by atoms with Gasteiger partial charge in [-0.05, 0) is 36.8 Å². The molecule has 3 N–H and O–H groups in total. The zero-order valence-corrected chi connectivity index (χ0v) is 16.0. The van der Waals surface area contributed by atoms with Gasteiger partial charge in [-0.25, -0.2) is 8.78 Å². The van der Waals surface area contributed by atoms with Crippen molar-refractivity contribution in [2.75, 3.05) is 5.32 Å². The second-order valence-electron chi connectivity index (χ2n) is 6.88. The lowest BCUT2D eigenvalue weighted by Gasteiger charge is -2.10. The predicted molar refractivity (Wildman–Crippen MR) is 103 cm³/mol. The van der Waals surface area contributed by atoms with E-state index in [-0.39, 0.29) is 12.5 Å². The van der Waals surface area contributed by atoms with Gasteiger partial charge in [-0.2, -0.15) is 5.10 Å². The quantitative estimate of drug-likeness (QED) is 0.615. The Morgan fingerprint density at radius 2 is 2.27 bits per heavy atom. The van der Waals surface area contributed by atoms with Crippen molar-refractivity contribution in [2.24, 2.45) is 11.7 Å². The van der Waals surface area contributed by atoms with Crippen LogP contribution in [0.15, 0.2) is 23.7 Å². The fourth-order valence-electron chi connectivity index (χ4n) is 3.18. The molecule has 138 valence electrons. The molecule has 0 aromatic carbocycles. The highest BCUT2D eigenvalue weighted by Gasteiger charge is 2.56. The maximum absolute atomic E-state index is 13.1. The molecule has 26 heavy (non-hydrogen) atoms. The average Bonchev–Trinajstić information content (AvgIpc) is 2.98. The molecule has 1 aliphatic carbocycles. The zero-order chi connectivity index (χ0) is 18.3. The van der Waals surface area contributed by atoms with Crippen molar-refractivity contribution in [2.45, 2.75) is 44.7 Å². The van der Waals surface area contributed by atoms with Crippen LogP contribution in [0.4, 0.5) is 14.5 Å². The topological polar surface area (TPSA) is 63.8 Å². The fraction of sp³-hybridized carbons (Fsp3) is 0.444. The van der Waals surface area contributed by atoms with Crippen molar-refractivity contribution in [1.29, 1.82) is 0 Å². The van der Waals surface area contributed by atoms with E-state index in [1.54, 1.807) is 28.9 Å². The van der Waals surface area contributed by atoms with Crippen LogP contribution in [0, 0.1) is 12.8 Å². The highest BCUT2D eigenvalue weighted by atomic mass is 32.1. The molecule has 4 nitrogen and oxygen atoms in total. The molecule has 4 rings (SSSR count). The van der Waals surface area contributed by atoms with Crippen LogP contribution in [-0.4, -0.2) is 22.2 Å². The normalized spacial score (nSPS) is 19.6. The molecule has 8 heteroatoms. The molecule has 0 spiro atoms. The first-order chi connectivity index (χ1) is 12.4. The van der Waals surface area contributed by atoms with Gasteiger partial charge in [-0.15, -0.1) is 27.8 Å². The van der Waals surface area contributed by atoms with Crippen LogP contribution in [0.1, 0.15) is 28.2 Å². The lowest BCUT2D eigenvalue weighted by molar-refractivity contribution is 0.0954. The van der Waals surface area contributed by atoms with Crippen LogP contribution in [0.2, 0.25) is 0 Å². The van der Waals surface area contributed by atoms with Crippen molar-refractivity contribution in [3.8, 4) is 0 Å². The molecule has 3 heterocycles. The summed E-state index contributed by atoms with van der Waals surface area (Å²) in [5, 5.41) is 13.9. The SMILES string of the molecule is Cc1c(C[C@@H](N)C[C@H]2CC2(F)F)sc2c(NCc3cccs3)cnnc12. The van der Waals surface area contributed by atoms with Crippen molar-refractivity contribution in [3.63, 3.8) is 0 Å². The van der Waals surface area contributed by atoms with Crippen LogP contribution < -0.4 is 11.1 Å². The number of nitrogens with one attached hydrogen (secondary N) is 1. The molecule has 1 saturated carbocycles. The zero-order valence-electron chi connectivity index (χ0n) is 14.3. The minimum atomic E-state index is -2.50. The second-order valence-corrected chi connectivity index (χ2v) is 9.02. The Bertz CT molecular complexity index is 907. The van der Waals surface area contributed by atoms with Gasteiger partial charge in [-0.1, -0.05) is 6.07 Å². The maximum Gasteiger partial charge on any atom is 0.251 e. The van der Waals surface area contributed by atoms with Gasteiger partial charge >= 0.3 is 0 Å². The molecular formula is C18H20F2N4S2. The summed E-state index contributed by atoms with van der Waals surface area (Å²) < 4.78 is 27.3. The van der Waals surface area contributed by atoms with Crippen LogP contribution >= 0.6 is 22.7 Å². The minimum Gasteiger partial charge on any atom is -0.378 e. The number of nitrogens with zero attached hydrogens (tertiary/aromatic N) is 2. The Labute approximate surface area is 158 Å². The Hall–Kier alpha value is -1.64. The number of aryl methyl sites for hydroxylation is 1. The molecule has 3 aromatic rings. The van der Waals surface area contributed by atoms with E-state index in [9.17, 15) is 8.78 Å². The summed E-state index contributed by atoms with van der Waals surface area (Å²) in [6.45, 7) is 2.74. The molecule has 3 aromatic heterocycles. The molecule has 0 bridgehead atoms. The van der Waals surface area contributed by atoms with Crippen molar-refractivity contribution in [1.82, 2.24) is 10.2 Å². The molecule has 0 unspecified atom stereocenters. The Morgan fingerprint density at radius 1 is 1.46 bits per heavy atom. The Kier molecular flexibility index (Phi) is 4.66. The lowest BCUT2D eigenvalue weighted by atomic mass is 10.0. The fourth-order valence-corrected chi connectivity index (χ4v) is 5.15. The Balaban J connectivity index is 1.51. The molecule has 1 aliphatic rings. The molecule has 0 saturated heterocycles. The third-order valence-electron chi connectivity index (χ3n) is 4.83. The Morgan fingerprint density at radius 3 is 2.96 bits per heavy atom. The minimum absolute atomic E-state index is 0.0195. The number of hydrogen-bond donors (Lipinski definition) is 2. The number of fused-ring (bicyclic) bond motifs is 1. The van der Waals surface area contributed by atoms with Crippen molar-refractivity contribution >= 4 is 38.6 Å². The van der Waals surface area contributed by atoms with E-state index in [2.05, 4.69) is 27.0 Å². The molecule has 0 radical (unpaired) electrons. The maximum atomic E-state index is 13.1. The third kappa shape index (κ3) is 3.58. The second kappa shape index (κ2) is 6.83. The first-order valence-corrected chi connectivity index (χ1v) is 10.3. The number of anilines is 1. The first-order valence-electron chi connectivity index (χ1n) is 8.57. The van der Waals surface area contributed by atoms with Gasteiger partial charge in [0.25, 0.3) is 5.92 Å². The summed E-state index contributed by atoms with van der Waals surface area (Å²) >= 11 is 3.34. The standard InChI is InChI=1S/C18H20F2N4S2/c1-10-15(6-12(21)5-11-7-18(11,19)20)26-17-14(9-23-24-16(10)17)22-8-13-3-2-4-25-13/h2-4,9,11-12H,5-8,21H2,1H3,(H,22,24)/t11-,12-/m0/s1. The van der Waals surface area contributed by atoms with Crippen LogP contribution in [0.25, 0.3) is 10.2 Å². The van der Waals surface area contributed by atoms with E-state index in [4.69, 9.17) is 5.73 Å². The number of hydrogen-bond acceptors (Lipinski definition) is 6. The van der Waals surface area contributed by atoms with Gasteiger partial charge in [-0.3, -0.25) is 0 Å². The molecular weight excluding hydrogens is 374 g/mol. The molecule has 0 aliphatic heterocycles. The first kappa shape index (κ1) is 17.8. The molecule has 0 amide bonds. The monoisotopic (exact) mass is 394 g/mol. The van der Waals surface area contributed by atoms with E-state index < -0.39 is 11.8 Å². The smallest absolute Gasteiger partial charge is 0.251 e. The number of rotatable bonds is 7. The lowest BCUT2D eigenvalue weighted by Crippen LogP contribution is -2.24. The molecule has 1 fully saturated rings. The van der Waals surface area contributed by atoms with E-state index >= 15 is 0 Å². The predicted octanol–water partition coefficient (Wildman–Crippen LogP) is 4.59. The average molecular weight is 395 g/mol. The summed E-state index contributed by atoms with van der Waals surface area (Å²) in [5.41, 5.74) is 9.01.